The van der Waals surface area contributed by atoms with Gasteiger partial charge in [-0.25, -0.2) is 9.78 Å². The van der Waals surface area contributed by atoms with Gasteiger partial charge >= 0.3 is 5.97 Å². The molecule has 0 aliphatic carbocycles. The van der Waals surface area contributed by atoms with E-state index in [4.69, 9.17) is 14.7 Å². The third kappa shape index (κ3) is 5.31. The van der Waals surface area contributed by atoms with E-state index in [1.54, 1.807) is 7.11 Å². The van der Waals surface area contributed by atoms with Gasteiger partial charge in [0.1, 0.15) is 6.54 Å². The number of aromatic nitrogens is 2. The van der Waals surface area contributed by atoms with Crippen LogP contribution >= 0.6 is 11.8 Å². The Hall–Kier alpha value is -2.90. The topological polar surface area (TPSA) is 123 Å². The van der Waals surface area contributed by atoms with Gasteiger partial charge in [-0.2, -0.15) is 5.26 Å². The summed E-state index contributed by atoms with van der Waals surface area (Å²) in [5, 5.41) is 11.7. The van der Waals surface area contributed by atoms with Gasteiger partial charge in [-0.1, -0.05) is 11.8 Å². The van der Waals surface area contributed by atoms with Crippen LogP contribution in [0.25, 0.3) is 10.9 Å². The van der Waals surface area contributed by atoms with Crippen molar-refractivity contribution in [3.63, 3.8) is 0 Å². The number of hydrogen-bond donors (Lipinski definition) is 1. The van der Waals surface area contributed by atoms with Crippen molar-refractivity contribution >= 4 is 34.5 Å². The third-order valence-electron chi connectivity index (χ3n) is 3.77. The lowest BCUT2D eigenvalue weighted by Gasteiger charge is -2.13. The number of ether oxygens (including phenoxy) is 2. The molecule has 1 aromatic heterocycles. The summed E-state index contributed by atoms with van der Waals surface area (Å²) in [6.45, 7) is 0.753. The van der Waals surface area contributed by atoms with E-state index in [1.807, 2.05) is 6.07 Å². The second-order valence-corrected chi connectivity index (χ2v) is 6.59. The Bertz CT molecular complexity index is 967. The van der Waals surface area contributed by atoms with E-state index in [0.717, 1.165) is 11.8 Å². The van der Waals surface area contributed by atoms with Gasteiger partial charge in [0, 0.05) is 20.3 Å². The predicted octanol–water partition coefficient (Wildman–Crippen LogP) is 0.951. The van der Waals surface area contributed by atoms with E-state index in [2.05, 4.69) is 10.3 Å². The molecule has 0 saturated heterocycles. The number of nitriles is 1. The van der Waals surface area contributed by atoms with E-state index in [-0.39, 0.29) is 29.3 Å². The van der Waals surface area contributed by atoms with Crippen LogP contribution in [-0.2, 0) is 20.8 Å². The van der Waals surface area contributed by atoms with Crippen molar-refractivity contribution in [3.05, 3.63) is 34.1 Å². The maximum Gasteiger partial charge on any atom is 0.337 e. The van der Waals surface area contributed by atoms with E-state index < -0.39 is 5.97 Å². The van der Waals surface area contributed by atoms with Gasteiger partial charge < -0.3 is 14.8 Å². The Kier molecular flexibility index (Phi) is 7.98. The molecule has 0 unspecified atom stereocenters. The zero-order chi connectivity index (χ0) is 20.5. The third-order valence-corrected chi connectivity index (χ3v) is 4.74. The molecular formula is C18H20N4O5S. The van der Waals surface area contributed by atoms with E-state index in [9.17, 15) is 14.4 Å². The zero-order valence-corrected chi connectivity index (χ0v) is 16.4. The van der Waals surface area contributed by atoms with Crippen LogP contribution in [0, 0.1) is 11.3 Å². The molecule has 0 saturated carbocycles. The van der Waals surface area contributed by atoms with Gasteiger partial charge in [0.15, 0.2) is 5.16 Å². The number of carbonyl (C=O) groups is 2. The predicted molar refractivity (Wildman–Crippen MR) is 103 cm³/mol. The lowest BCUT2D eigenvalue weighted by atomic mass is 10.1. The average molecular weight is 404 g/mol. The van der Waals surface area contributed by atoms with Crippen molar-refractivity contribution in [1.29, 1.82) is 5.26 Å². The highest BCUT2D eigenvalue weighted by atomic mass is 32.2. The highest BCUT2D eigenvalue weighted by Crippen LogP contribution is 2.19. The number of thioether (sulfide) groups is 1. The van der Waals surface area contributed by atoms with Crippen molar-refractivity contribution < 1.29 is 19.1 Å². The normalized spacial score (nSPS) is 10.5. The van der Waals surface area contributed by atoms with Crippen LogP contribution in [0.2, 0.25) is 0 Å². The quantitative estimate of drug-likeness (QED) is 0.215. The summed E-state index contributed by atoms with van der Waals surface area (Å²) in [7, 11) is 2.85. The first-order valence-electron chi connectivity index (χ1n) is 8.40. The number of carbonyl (C=O) groups excluding carboxylic acids is 2. The van der Waals surface area contributed by atoms with Crippen LogP contribution in [0.5, 0.6) is 0 Å². The summed E-state index contributed by atoms with van der Waals surface area (Å²) in [5.41, 5.74) is 0.357. The van der Waals surface area contributed by atoms with E-state index in [0.29, 0.717) is 35.6 Å². The largest absolute Gasteiger partial charge is 0.465 e. The monoisotopic (exact) mass is 404 g/mol. The molecule has 28 heavy (non-hydrogen) atoms. The van der Waals surface area contributed by atoms with Crippen molar-refractivity contribution in [2.45, 2.75) is 18.1 Å². The van der Waals surface area contributed by atoms with E-state index in [1.165, 1.54) is 29.9 Å². The number of benzene rings is 1. The van der Waals surface area contributed by atoms with Gasteiger partial charge in [-0.05, 0) is 24.6 Å². The number of amides is 1. The smallest absolute Gasteiger partial charge is 0.337 e. The molecule has 0 radical (unpaired) electrons. The number of methoxy groups -OCH3 is 2. The first-order valence-corrected chi connectivity index (χ1v) is 9.38. The number of fused-ring (bicyclic) bond motifs is 1. The van der Waals surface area contributed by atoms with Crippen LogP contribution in [0.3, 0.4) is 0 Å². The summed E-state index contributed by atoms with van der Waals surface area (Å²) < 4.78 is 11.2. The molecule has 1 heterocycles. The molecule has 9 nitrogen and oxygen atoms in total. The molecule has 0 aliphatic rings. The molecular weight excluding hydrogens is 384 g/mol. The fourth-order valence-electron chi connectivity index (χ4n) is 2.44. The Morgan fingerprint density at radius 3 is 2.82 bits per heavy atom. The second kappa shape index (κ2) is 10.4. The van der Waals surface area contributed by atoms with Crippen molar-refractivity contribution in [2.24, 2.45) is 0 Å². The number of nitrogens with zero attached hydrogens (tertiary/aromatic N) is 3. The molecule has 2 rings (SSSR count). The molecule has 10 heteroatoms. The molecule has 0 spiro atoms. The second-order valence-electron chi connectivity index (χ2n) is 5.64. The Morgan fingerprint density at radius 2 is 2.14 bits per heavy atom. The lowest BCUT2D eigenvalue weighted by molar-refractivity contribution is -0.118. The molecule has 2 aromatic rings. The molecule has 1 amide bonds. The number of hydrogen-bond acceptors (Lipinski definition) is 8. The van der Waals surface area contributed by atoms with Crippen molar-refractivity contribution in [1.82, 2.24) is 14.9 Å². The van der Waals surface area contributed by atoms with Crippen LogP contribution in [-0.4, -0.2) is 54.6 Å². The number of nitrogens with one attached hydrogen (secondary N) is 1. The SMILES string of the molecule is COCCCn1c(SCC(=O)NCC#N)nc2cc(C(=O)OC)ccc2c1=O. The van der Waals surface area contributed by atoms with Crippen LogP contribution in [0.4, 0.5) is 0 Å². The maximum absolute atomic E-state index is 12.9. The molecule has 0 aliphatic heterocycles. The highest BCUT2D eigenvalue weighted by Gasteiger charge is 2.15. The summed E-state index contributed by atoms with van der Waals surface area (Å²) in [6, 6.07) is 6.37. The zero-order valence-electron chi connectivity index (χ0n) is 15.6. The molecule has 0 atom stereocenters. The maximum atomic E-state index is 12.9. The minimum absolute atomic E-state index is 0.000592. The lowest BCUT2D eigenvalue weighted by Crippen LogP contribution is -2.27. The fourth-order valence-corrected chi connectivity index (χ4v) is 3.29. The summed E-state index contributed by atoms with van der Waals surface area (Å²) in [6.07, 6.45) is 0.595. The van der Waals surface area contributed by atoms with E-state index >= 15 is 0 Å². The Labute approximate surface area is 165 Å². The van der Waals surface area contributed by atoms with Gasteiger partial charge in [-0.3, -0.25) is 14.2 Å². The van der Waals surface area contributed by atoms with Crippen LogP contribution in [0.1, 0.15) is 16.8 Å². The molecule has 0 fully saturated rings. The Morgan fingerprint density at radius 1 is 1.36 bits per heavy atom. The first kappa shape index (κ1) is 21.4. The van der Waals surface area contributed by atoms with Crippen LogP contribution < -0.4 is 10.9 Å². The average Bonchev–Trinajstić information content (AvgIpc) is 2.71. The van der Waals surface area contributed by atoms with Gasteiger partial charge in [0.2, 0.25) is 5.91 Å². The van der Waals surface area contributed by atoms with Crippen LogP contribution in [0.15, 0.2) is 28.2 Å². The van der Waals surface area contributed by atoms with Gasteiger partial charge in [0.05, 0.1) is 35.4 Å². The van der Waals surface area contributed by atoms with Gasteiger partial charge in [0.25, 0.3) is 5.56 Å². The summed E-state index contributed by atoms with van der Waals surface area (Å²) in [4.78, 5) is 40.9. The molecule has 148 valence electrons. The van der Waals surface area contributed by atoms with Crippen molar-refractivity contribution in [2.75, 3.05) is 33.1 Å². The Balaban J connectivity index is 2.42. The molecule has 1 N–H and O–H groups in total. The van der Waals surface area contributed by atoms with Gasteiger partial charge in [-0.15, -0.1) is 0 Å². The standard InChI is InChI=1S/C18H20N4O5S/c1-26-9-3-8-22-16(24)13-5-4-12(17(25)27-2)10-14(13)21-18(22)28-11-15(23)20-7-6-19/h4-5,10H,3,7-9,11H2,1-2H3,(H,20,23). The minimum Gasteiger partial charge on any atom is -0.465 e. The summed E-state index contributed by atoms with van der Waals surface area (Å²) in [5.74, 6) is -0.869. The fraction of sp³-hybridized carbons (Fsp3) is 0.389. The van der Waals surface area contributed by atoms with Crippen molar-refractivity contribution in [3.8, 4) is 6.07 Å². The molecule has 1 aromatic carbocycles. The number of rotatable bonds is 9. The summed E-state index contributed by atoms with van der Waals surface area (Å²) >= 11 is 1.09. The first-order chi connectivity index (χ1) is 13.5. The number of esters is 1. The highest BCUT2D eigenvalue weighted by molar-refractivity contribution is 7.99. The molecule has 0 bridgehead atoms. The minimum atomic E-state index is -0.530.